The van der Waals surface area contributed by atoms with Crippen LogP contribution in [-0.4, -0.2) is 30.0 Å². The van der Waals surface area contributed by atoms with Gasteiger partial charge in [0.05, 0.1) is 23.4 Å². The van der Waals surface area contributed by atoms with E-state index < -0.39 is 23.6 Å². The molecule has 7 nitrogen and oxygen atoms in total. The maximum atomic E-state index is 13.6. The summed E-state index contributed by atoms with van der Waals surface area (Å²) in [7, 11) is 1.30. The summed E-state index contributed by atoms with van der Waals surface area (Å²) in [6, 6.07) is 12.0. The van der Waals surface area contributed by atoms with Crippen LogP contribution >= 0.6 is 23.8 Å². The lowest BCUT2D eigenvalue weighted by molar-refractivity contribution is -0.122. The van der Waals surface area contributed by atoms with Crippen LogP contribution in [0.25, 0.3) is 17.4 Å². The molecule has 1 N–H and O–H groups in total. The zero-order chi connectivity index (χ0) is 24.6. The normalized spacial score (nSPS) is 15.0. The minimum Gasteiger partial charge on any atom is -0.465 e. The molecular weight excluding hydrogens is 483 g/mol. The summed E-state index contributed by atoms with van der Waals surface area (Å²) in [6.07, 6.45) is 1.28. The van der Waals surface area contributed by atoms with Crippen LogP contribution in [0.1, 0.15) is 21.7 Å². The van der Waals surface area contributed by atoms with E-state index in [0.29, 0.717) is 22.5 Å². The topological polar surface area (TPSA) is 88.9 Å². The van der Waals surface area contributed by atoms with Crippen molar-refractivity contribution in [1.82, 2.24) is 5.32 Å². The molecule has 0 aliphatic carbocycles. The molecule has 0 atom stereocenters. The van der Waals surface area contributed by atoms with E-state index in [1.54, 1.807) is 37.3 Å². The van der Waals surface area contributed by atoms with Crippen LogP contribution in [0.15, 0.2) is 58.5 Å². The number of hydrogen-bond donors (Lipinski definition) is 1. The van der Waals surface area contributed by atoms with Crippen molar-refractivity contribution in [2.24, 2.45) is 0 Å². The zero-order valence-corrected chi connectivity index (χ0v) is 19.4. The van der Waals surface area contributed by atoms with Crippen molar-refractivity contribution in [1.29, 1.82) is 0 Å². The number of halogens is 2. The third kappa shape index (κ3) is 4.23. The molecule has 0 bridgehead atoms. The maximum Gasteiger partial charge on any atom is 0.338 e. The smallest absolute Gasteiger partial charge is 0.338 e. The Labute approximate surface area is 203 Å². The first-order chi connectivity index (χ1) is 16.2. The van der Waals surface area contributed by atoms with Gasteiger partial charge in [0.1, 0.15) is 22.9 Å². The van der Waals surface area contributed by atoms with Crippen LogP contribution in [0.2, 0.25) is 5.02 Å². The highest BCUT2D eigenvalue weighted by atomic mass is 35.5. The molecule has 1 saturated heterocycles. The average molecular weight is 499 g/mol. The standard InChI is InChI=1S/C24H16ClFN2O5S/c1-12-15(4-3-5-16(12)23(31)32-2)20-9-7-14(33-20)11-17-21(29)27-24(34)28(22(17)30)13-6-8-19(26)18(25)10-13/h3-11H,1-2H3,(H,27,29,34). The summed E-state index contributed by atoms with van der Waals surface area (Å²) in [4.78, 5) is 38.6. The molecule has 4 rings (SSSR count). The zero-order valence-electron chi connectivity index (χ0n) is 17.8. The summed E-state index contributed by atoms with van der Waals surface area (Å²) < 4.78 is 24.2. The second-order valence-corrected chi connectivity index (χ2v) is 8.02. The largest absolute Gasteiger partial charge is 0.465 e. The second kappa shape index (κ2) is 9.20. The number of rotatable bonds is 4. The van der Waals surface area contributed by atoms with E-state index in [1.807, 2.05) is 0 Å². The van der Waals surface area contributed by atoms with Crippen molar-refractivity contribution >= 4 is 58.5 Å². The van der Waals surface area contributed by atoms with Gasteiger partial charge in [-0.1, -0.05) is 23.7 Å². The first-order valence-corrected chi connectivity index (χ1v) is 10.6. The summed E-state index contributed by atoms with van der Waals surface area (Å²) in [5, 5.41) is 2.08. The fourth-order valence-electron chi connectivity index (χ4n) is 3.47. The van der Waals surface area contributed by atoms with E-state index >= 15 is 0 Å². The summed E-state index contributed by atoms with van der Waals surface area (Å²) in [5.41, 5.74) is 1.65. The maximum absolute atomic E-state index is 13.6. The monoisotopic (exact) mass is 498 g/mol. The van der Waals surface area contributed by atoms with E-state index in [2.05, 4.69) is 5.32 Å². The minimum absolute atomic E-state index is 0.162. The van der Waals surface area contributed by atoms with Gasteiger partial charge in [0.15, 0.2) is 5.11 Å². The predicted molar refractivity (Wildman–Crippen MR) is 128 cm³/mol. The van der Waals surface area contributed by atoms with Crippen molar-refractivity contribution < 1.29 is 27.9 Å². The molecule has 1 aliphatic heterocycles. The molecule has 1 aliphatic rings. The van der Waals surface area contributed by atoms with Gasteiger partial charge in [-0.15, -0.1) is 0 Å². The van der Waals surface area contributed by atoms with E-state index in [0.717, 1.165) is 11.0 Å². The molecule has 0 spiro atoms. The average Bonchev–Trinajstić information content (AvgIpc) is 3.27. The SMILES string of the molecule is COC(=O)c1cccc(-c2ccc(C=C3C(=O)NC(=S)N(c4ccc(F)c(Cl)c4)C3=O)o2)c1C. The Bertz CT molecular complexity index is 1400. The third-order valence-corrected chi connectivity index (χ3v) is 5.76. The molecule has 0 saturated carbocycles. The number of methoxy groups -OCH3 is 1. The van der Waals surface area contributed by atoms with Gasteiger partial charge >= 0.3 is 5.97 Å². The molecular formula is C24H16ClFN2O5S. The highest BCUT2D eigenvalue weighted by Crippen LogP contribution is 2.30. The molecule has 2 aromatic carbocycles. The third-order valence-electron chi connectivity index (χ3n) is 5.18. The number of esters is 1. The van der Waals surface area contributed by atoms with Gasteiger partial charge in [-0.25, -0.2) is 9.18 Å². The molecule has 172 valence electrons. The first-order valence-electron chi connectivity index (χ1n) is 9.86. The number of nitrogens with zero attached hydrogens (tertiary/aromatic N) is 1. The van der Waals surface area contributed by atoms with Gasteiger partial charge in [0, 0.05) is 5.56 Å². The Morgan fingerprint density at radius 1 is 1.21 bits per heavy atom. The Morgan fingerprint density at radius 2 is 1.97 bits per heavy atom. The van der Waals surface area contributed by atoms with Gasteiger partial charge in [0.2, 0.25) is 0 Å². The molecule has 3 aromatic rings. The fourth-order valence-corrected chi connectivity index (χ4v) is 3.92. The van der Waals surface area contributed by atoms with Crippen molar-refractivity contribution in [2.75, 3.05) is 12.0 Å². The number of carbonyl (C=O) groups excluding carboxylic acids is 3. The first kappa shape index (κ1) is 23.3. The second-order valence-electron chi connectivity index (χ2n) is 7.23. The fraction of sp³-hybridized carbons (Fsp3) is 0.0833. The predicted octanol–water partition coefficient (Wildman–Crippen LogP) is 4.67. The molecule has 0 radical (unpaired) electrons. The van der Waals surface area contributed by atoms with Crippen molar-refractivity contribution in [3.8, 4) is 11.3 Å². The van der Waals surface area contributed by atoms with Gasteiger partial charge < -0.3 is 9.15 Å². The van der Waals surface area contributed by atoms with Crippen LogP contribution in [0.3, 0.4) is 0 Å². The molecule has 34 heavy (non-hydrogen) atoms. The highest BCUT2D eigenvalue weighted by Gasteiger charge is 2.35. The Morgan fingerprint density at radius 3 is 2.68 bits per heavy atom. The van der Waals surface area contributed by atoms with Crippen LogP contribution < -0.4 is 10.2 Å². The quantitative estimate of drug-likeness (QED) is 0.243. The van der Waals surface area contributed by atoms with Gasteiger partial charge in [0.25, 0.3) is 11.8 Å². The molecule has 2 amide bonds. The number of furan rings is 1. The van der Waals surface area contributed by atoms with Gasteiger partial charge in [-0.3, -0.25) is 19.8 Å². The van der Waals surface area contributed by atoms with Crippen molar-refractivity contribution in [3.63, 3.8) is 0 Å². The summed E-state index contributed by atoms with van der Waals surface area (Å²) in [5.74, 6) is -1.91. The molecule has 0 unspecified atom stereocenters. The van der Waals surface area contributed by atoms with E-state index in [1.165, 1.54) is 25.3 Å². The van der Waals surface area contributed by atoms with Crippen LogP contribution in [0.4, 0.5) is 10.1 Å². The number of ether oxygens (including phenoxy) is 1. The summed E-state index contributed by atoms with van der Waals surface area (Å²) in [6.45, 7) is 1.76. The van der Waals surface area contributed by atoms with Crippen LogP contribution in [0.5, 0.6) is 0 Å². The Kier molecular flexibility index (Phi) is 6.32. The molecule has 10 heteroatoms. The lowest BCUT2D eigenvalue weighted by Crippen LogP contribution is -2.54. The number of thiocarbonyl (C=S) groups is 1. The highest BCUT2D eigenvalue weighted by molar-refractivity contribution is 7.80. The van der Waals surface area contributed by atoms with Gasteiger partial charge in [-0.2, -0.15) is 0 Å². The lowest BCUT2D eigenvalue weighted by Gasteiger charge is -2.28. The van der Waals surface area contributed by atoms with E-state index in [-0.39, 0.29) is 27.2 Å². The number of nitrogens with one attached hydrogen (secondary N) is 1. The molecule has 1 aromatic heterocycles. The van der Waals surface area contributed by atoms with Gasteiger partial charge in [-0.05, 0) is 67.2 Å². The molecule has 1 fully saturated rings. The number of hydrogen-bond acceptors (Lipinski definition) is 6. The molecule has 2 heterocycles. The summed E-state index contributed by atoms with van der Waals surface area (Å²) >= 11 is 11.0. The minimum atomic E-state index is -0.724. The van der Waals surface area contributed by atoms with E-state index in [9.17, 15) is 18.8 Å². The van der Waals surface area contributed by atoms with Crippen LogP contribution in [0, 0.1) is 12.7 Å². The number of benzene rings is 2. The number of anilines is 1. The lowest BCUT2D eigenvalue weighted by atomic mass is 10.0. The Balaban J connectivity index is 1.69. The van der Waals surface area contributed by atoms with Crippen LogP contribution in [-0.2, 0) is 14.3 Å². The van der Waals surface area contributed by atoms with Crippen molar-refractivity contribution in [2.45, 2.75) is 6.92 Å². The van der Waals surface area contributed by atoms with Crippen molar-refractivity contribution in [3.05, 3.63) is 81.8 Å². The number of amides is 2. The number of carbonyl (C=O) groups is 3. The Hall–Kier alpha value is -3.82. The van der Waals surface area contributed by atoms with E-state index in [4.69, 9.17) is 33.0 Å².